The van der Waals surface area contributed by atoms with E-state index in [4.69, 9.17) is 9.47 Å². The van der Waals surface area contributed by atoms with Gasteiger partial charge in [0.05, 0.1) is 10.7 Å². The van der Waals surface area contributed by atoms with Gasteiger partial charge in [-0.15, -0.1) is 11.3 Å². The lowest BCUT2D eigenvalue weighted by Gasteiger charge is -2.18. The lowest BCUT2D eigenvalue weighted by molar-refractivity contribution is -0.116. The summed E-state index contributed by atoms with van der Waals surface area (Å²) in [5.74, 6) is 1.51. The molecule has 0 bridgehead atoms. The molecule has 0 aliphatic carbocycles. The maximum atomic E-state index is 12.3. The Hall–Kier alpha value is -2.86. The molecule has 1 aromatic heterocycles. The highest BCUT2D eigenvalue weighted by Crippen LogP contribution is 2.31. The van der Waals surface area contributed by atoms with Crippen molar-refractivity contribution in [2.45, 2.75) is 19.8 Å². The van der Waals surface area contributed by atoms with Gasteiger partial charge in [0.1, 0.15) is 13.2 Å². The van der Waals surface area contributed by atoms with Crippen LogP contribution >= 0.6 is 11.3 Å². The number of carbonyl (C=O) groups excluding carboxylic acids is 1. The van der Waals surface area contributed by atoms with Gasteiger partial charge in [-0.05, 0) is 43.2 Å². The number of aryl methyl sites for hydroxylation is 2. The standard InChI is InChI=1S/C21H20N2O3S/c1-14-22-18(13-27-14)16-4-6-17(7-5-16)23-21(24)9-3-15-2-8-19-20(12-15)26-11-10-25-19/h2,4-8,12-13H,3,9-11H2,1H3,(H,23,24). The number of aromatic nitrogens is 1. The quantitative estimate of drug-likeness (QED) is 0.710. The molecule has 2 heterocycles. The van der Waals surface area contributed by atoms with Crippen molar-refractivity contribution in [3.05, 3.63) is 58.4 Å². The third-order valence-corrected chi connectivity index (χ3v) is 5.10. The van der Waals surface area contributed by atoms with Crippen LogP contribution in [0.1, 0.15) is 17.0 Å². The van der Waals surface area contributed by atoms with Crippen LogP contribution in [0.4, 0.5) is 5.69 Å². The van der Waals surface area contributed by atoms with E-state index in [1.165, 1.54) is 0 Å². The molecule has 6 heteroatoms. The van der Waals surface area contributed by atoms with Crippen molar-refractivity contribution in [2.24, 2.45) is 0 Å². The monoisotopic (exact) mass is 380 g/mol. The highest BCUT2D eigenvalue weighted by molar-refractivity contribution is 7.09. The van der Waals surface area contributed by atoms with Crippen molar-refractivity contribution in [3.63, 3.8) is 0 Å². The third kappa shape index (κ3) is 4.28. The zero-order chi connectivity index (χ0) is 18.6. The van der Waals surface area contributed by atoms with Crippen LogP contribution in [0.2, 0.25) is 0 Å². The first-order chi connectivity index (χ1) is 13.2. The molecule has 5 nitrogen and oxygen atoms in total. The molecule has 1 aliphatic rings. The summed E-state index contributed by atoms with van der Waals surface area (Å²) in [4.78, 5) is 16.7. The first-order valence-corrected chi connectivity index (χ1v) is 9.76. The Balaban J connectivity index is 1.33. The lowest BCUT2D eigenvalue weighted by atomic mass is 10.1. The molecule has 0 saturated heterocycles. The number of nitrogens with one attached hydrogen (secondary N) is 1. The SMILES string of the molecule is Cc1nc(-c2ccc(NC(=O)CCc3ccc4c(c3)OCCO4)cc2)cs1. The second kappa shape index (κ2) is 7.80. The van der Waals surface area contributed by atoms with Gasteiger partial charge in [0.15, 0.2) is 11.5 Å². The van der Waals surface area contributed by atoms with Gasteiger partial charge in [-0.1, -0.05) is 18.2 Å². The minimum absolute atomic E-state index is 0.0119. The number of hydrogen-bond acceptors (Lipinski definition) is 5. The van der Waals surface area contributed by atoms with E-state index in [-0.39, 0.29) is 5.91 Å². The second-order valence-electron chi connectivity index (χ2n) is 6.36. The second-order valence-corrected chi connectivity index (χ2v) is 7.42. The van der Waals surface area contributed by atoms with Gasteiger partial charge in [0.25, 0.3) is 0 Å². The minimum Gasteiger partial charge on any atom is -0.486 e. The van der Waals surface area contributed by atoms with E-state index >= 15 is 0 Å². The molecule has 0 saturated carbocycles. The van der Waals surface area contributed by atoms with Crippen LogP contribution in [-0.2, 0) is 11.2 Å². The fraction of sp³-hybridized carbons (Fsp3) is 0.238. The zero-order valence-corrected chi connectivity index (χ0v) is 15.8. The van der Waals surface area contributed by atoms with Crippen molar-refractivity contribution >= 4 is 22.9 Å². The number of benzene rings is 2. The van der Waals surface area contributed by atoms with Crippen LogP contribution in [0.15, 0.2) is 47.8 Å². The molecule has 138 valence electrons. The van der Waals surface area contributed by atoms with E-state index in [1.54, 1.807) is 11.3 Å². The maximum absolute atomic E-state index is 12.3. The molecule has 1 N–H and O–H groups in total. The number of nitrogens with zero attached hydrogens (tertiary/aromatic N) is 1. The van der Waals surface area contributed by atoms with E-state index in [2.05, 4.69) is 10.3 Å². The fourth-order valence-corrected chi connectivity index (χ4v) is 3.57. The van der Waals surface area contributed by atoms with Gasteiger partial charge in [0, 0.05) is 23.1 Å². The van der Waals surface area contributed by atoms with Crippen molar-refractivity contribution in [1.82, 2.24) is 4.98 Å². The van der Waals surface area contributed by atoms with Crippen molar-refractivity contribution in [1.29, 1.82) is 0 Å². The molecule has 3 aromatic rings. The molecule has 27 heavy (non-hydrogen) atoms. The smallest absolute Gasteiger partial charge is 0.224 e. The summed E-state index contributed by atoms with van der Waals surface area (Å²) in [6.07, 6.45) is 1.06. The van der Waals surface area contributed by atoms with Crippen molar-refractivity contribution in [2.75, 3.05) is 18.5 Å². The minimum atomic E-state index is -0.0119. The van der Waals surface area contributed by atoms with Crippen LogP contribution in [-0.4, -0.2) is 24.1 Å². The number of thiazole rings is 1. The van der Waals surface area contributed by atoms with Crippen LogP contribution in [0.5, 0.6) is 11.5 Å². The summed E-state index contributed by atoms with van der Waals surface area (Å²) < 4.78 is 11.1. The lowest BCUT2D eigenvalue weighted by Crippen LogP contribution is -2.15. The third-order valence-electron chi connectivity index (χ3n) is 4.33. The van der Waals surface area contributed by atoms with E-state index in [1.807, 2.05) is 54.8 Å². The highest BCUT2D eigenvalue weighted by atomic mass is 32.1. The highest BCUT2D eigenvalue weighted by Gasteiger charge is 2.12. The van der Waals surface area contributed by atoms with E-state index in [9.17, 15) is 4.79 Å². The molecule has 1 aliphatic heterocycles. The predicted octanol–water partition coefficient (Wildman–Crippen LogP) is 4.46. The van der Waals surface area contributed by atoms with Gasteiger partial charge < -0.3 is 14.8 Å². The van der Waals surface area contributed by atoms with E-state index in [0.717, 1.165) is 39.0 Å². The Morgan fingerprint density at radius 3 is 2.63 bits per heavy atom. The van der Waals surface area contributed by atoms with Gasteiger partial charge in [-0.25, -0.2) is 4.98 Å². The van der Waals surface area contributed by atoms with Crippen LogP contribution < -0.4 is 14.8 Å². The Kier molecular flexibility index (Phi) is 5.07. The fourth-order valence-electron chi connectivity index (χ4n) is 2.94. The maximum Gasteiger partial charge on any atom is 0.224 e. The van der Waals surface area contributed by atoms with Crippen LogP contribution in [0, 0.1) is 6.92 Å². The van der Waals surface area contributed by atoms with Crippen LogP contribution in [0.25, 0.3) is 11.3 Å². The molecule has 0 spiro atoms. The van der Waals surface area contributed by atoms with Crippen LogP contribution in [0.3, 0.4) is 0 Å². The first-order valence-electron chi connectivity index (χ1n) is 8.88. The number of hydrogen-bond donors (Lipinski definition) is 1. The number of carbonyl (C=O) groups is 1. The van der Waals surface area contributed by atoms with E-state index < -0.39 is 0 Å². The van der Waals surface area contributed by atoms with Crippen molar-refractivity contribution in [3.8, 4) is 22.8 Å². The molecular weight excluding hydrogens is 360 g/mol. The van der Waals surface area contributed by atoms with Gasteiger partial charge in [-0.3, -0.25) is 4.79 Å². The normalized spacial score (nSPS) is 12.6. The van der Waals surface area contributed by atoms with Crippen molar-refractivity contribution < 1.29 is 14.3 Å². The molecule has 0 atom stereocenters. The largest absolute Gasteiger partial charge is 0.486 e. The van der Waals surface area contributed by atoms with Gasteiger partial charge in [-0.2, -0.15) is 0 Å². The summed E-state index contributed by atoms with van der Waals surface area (Å²) in [6, 6.07) is 13.6. The Morgan fingerprint density at radius 1 is 1.11 bits per heavy atom. The molecule has 0 unspecified atom stereocenters. The summed E-state index contributed by atoms with van der Waals surface area (Å²) in [6.45, 7) is 3.13. The summed E-state index contributed by atoms with van der Waals surface area (Å²) in [5.41, 5.74) is 3.86. The number of amides is 1. The molecule has 0 radical (unpaired) electrons. The zero-order valence-electron chi connectivity index (χ0n) is 15.0. The van der Waals surface area contributed by atoms with Gasteiger partial charge in [0.2, 0.25) is 5.91 Å². The molecule has 2 aromatic carbocycles. The molecule has 1 amide bonds. The average molecular weight is 380 g/mol. The average Bonchev–Trinajstić information content (AvgIpc) is 3.13. The number of anilines is 1. The van der Waals surface area contributed by atoms with Gasteiger partial charge >= 0.3 is 0 Å². The number of rotatable bonds is 5. The summed E-state index contributed by atoms with van der Waals surface area (Å²) in [7, 11) is 0. The Bertz CT molecular complexity index is 950. The number of fused-ring (bicyclic) bond motifs is 1. The van der Waals surface area contributed by atoms with E-state index in [0.29, 0.717) is 26.1 Å². The summed E-state index contributed by atoms with van der Waals surface area (Å²) >= 11 is 1.63. The molecular formula is C21H20N2O3S. The number of ether oxygens (including phenoxy) is 2. The Morgan fingerprint density at radius 2 is 1.89 bits per heavy atom. The topological polar surface area (TPSA) is 60.5 Å². The first kappa shape index (κ1) is 17.5. The Labute approximate surface area is 162 Å². The summed E-state index contributed by atoms with van der Waals surface area (Å²) in [5, 5.41) is 6.03. The predicted molar refractivity (Wildman–Crippen MR) is 107 cm³/mol. The molecule has 4 rings (SSSR count). The molecule has 0 fully saturated rings.